The zero-order chi connectivity index (χ0) is 22.1. The van der Waals surface area contributed by atoms with Crippen molar-refractivity contribution in [3.63, 3.8) is 0 Å². The first-order chi connectivity index (χ1) is 15.0. The molecule has 2 N–H and O–H groups in total. The molecule has 1 amide bonds. The van der Waals surface area contributed by atoms with Crippen LogP contribution in [0.4, 0.5) is 0 Å². The van der Waals surface area contributed by atoms with Crippen molar-refractivity contribution in [1.82, 2.24) is 20.4 Å². The van der Waals surface area contributed by atoms with Gasteiger partial charge in [0.2, 0.25) is 0 Å². The van der Waals surface area contributed by atoms with E-state index in [4.69, 9.17) is 9.73 Å². The van der Waals surface area contributed by atoms with Gasteiger partial charge in [-0.3, -0.25) is 4.79 Å². The van der Waals surface area contributed by atoms with Gasteiger partial charge in [-0.1, -0.05) is 18.6 Å². The number of nitrogens with one attached hydrogen (secondary N) is 2. The molecule has 2 atom stereocenters. The Morgan fingerprint density at radius 2 is 1.74 bits per heavy atom. The second kappa shape index (κ2) is 12.1. The Balaban J connectivity index is 1.50. The average Bonchev–Trinajstić information content (AvgIpc) is 2.77. The molecule has 0 radical (unpaired) electrons. The van der Waals surface area contributed by atoms with Gasteiger partial charge in [0.15, 0.2) is 5.96 Å². The smallest absolute Gasteiger partial charge is 0.254 e. The van der Waals surface area contributed by atoms with E-state index < -0.39 is 0 Å². The van der Waals surface area contributed by atoms with Crippen molar-refractivity contribution < 1.29 is 9.53 Å². The van der Waals surface area contributed by atoms with E-state index in [-0.39, 0.29) is 18.1 Å². The van der Waals surface area contributed by atoms with Crippen molar-refractivity contribution >= 4 is 11.9 Å². The minimum absolute atomic E-state index is 0.0739. The number of morpholine rings is 1. The molecule has 31 heavy (non-hydrogen) atoms. The highest BCUT2D eigenvalue weighted by Crippen LogP contribution is 2.15. The molecular weight excluding hydrogens is 390 g/mol. The van der Waals surface area contributed by atoms with Crippen LogP contribution in [-0.4, -0.2) is 79.7 Å². The fraction of sp³-hybridized carbons (Fsp3) is 0.667. The van der Waals surface area contributed by atoms with Gasteiger partial charge in [0.05, 0.1) is 18.8 Å². The van der Waals surface area contributed by atoms with Crippen LogP contribution in [0.1, 0.15) is 56.0 Å². The van der Waals surface area contributed by atoms with Crippen molar-refractivity contribution in [2.45, 2.75) is 58.8 Å². The topological polar surface area (TPSA) is 69.2 Å². The number of nitrogens with zero attached hydrogens (tertiary/aromatic N) is 3. The maximum absolute atomic E-state index is 12.8. The zero-order valence-electron chi connectivity index (χ0n) is 19.4. The van der Waals surface area contributed by atoms with E-state index in [2.05, 4.69) is 22.5 Å². The standard InChI is InChI=1S/C24H39N5O2/c1-4-25-24(26-12-15-28-13-6-5-7-14-28)27-16-21-8-10-22(11-9-21)23(30)29-17-19(2)31-20(3)18-29/h8-11,19-20H,4-7,12-18H2,1-3H3,(H2,25,26,27). The summed E-state index contributed by atoms with van der Waals surface area (Å²) in [6.07, 6.45) is 4.15. The Kier molecular flexibility index (Phi) is 9.15. The first kappa shape index (κ1) is 23.5. The lowest BCUT2D eigenvalue weighted by Crippen LogP contribution is -2.48. The maximum atomic E-state index is 12.8. The summed E-state index contributed by atoms with van der Waals surface area (Å²) in [6.45, 7) is 13.2. The van der Waals surface area contributed by atoms with Crippen LogP contribution in [0.5, 0.6) is 0 Å². The van der Waals surface area contributed by atoms with Crippen LogP contribution < -0.4 is 10.6 Å². The third-order valence-electron chi connectivity index (χ3n) is 5.84. The molecule has 2 aliphatic heterocycles. The SMILES string of the molecule is CCNC(=NCc1ccc(C(=O)N2CC(C)OC(C)C2)cc1)NCCN1CCCCC1. The molecule has 3 rings (SSSR count). The van der Waals surface area contributed by atoms with E-state index in [9.17, 15) is 4.79 Å². The molecule has 2 heterocycles. The molecule has 172 valence electrons. The third-order valence-corrected chi connectivity index (χ3v) is 5.84. The molecule has 0 aliphatic carbocycles. The lowest BCUT2D eigenvalue weighted by Gasteiger charge is -2.35. The predicted molar refractivity (Wildman–Crippen MR) is 125 cm³/mol. The van der Waals surface area contributed by atoms with Crippen molar-refractivity contribution in [3.8, 4) is 0 Å². The van der Waals surface area contributed by atoms with E-state index >= 15 is 0 Å². The van der Waals surface area contributed by atoms with Gasteiger partial charge in [0.1, 0.15) is 0 Å². The van der Waals surface area contributed by atoms with Crippen LogP contribution in [0, 0.1) is 0 Å². The van der Waals surface area contributed by atoms with Gasteiger partial charge < -0.3 is 25.2 Å². The lowest BCUT2D eigenvalue weighted by atomic mass is 10.1. The number of benzene rings is 1. The molecule has 0 aromatic heterocycles. The molecule has 1 aromatic carbocycles. The molecule has 7 heteroatoms. The van der Waals surface area contributed by atoms with Crippen molar-refractivity contribution in [3.05, 3.63) is 35.4 Å². The largest absolute Gasteiger partial charge is 0.372 e. The number of carbonyl (C=O) groups is 1. The summed E-state index contributed by atoms with van der Waals surface area (Å²) in [4.78, 5) is 21.9. The molecule has 2 saturated heterocycles. The monoisotopic (exact) mass is 429 g/mol. The van der Waals surface area contributed by atoms with Crippen LogP contribution in [0.2, 0.25) is 0 Å². The summed E-state index contributed by atoms with van der Waals surface area (Å²) < 4.78 is 5.73. The van der Waals surface area contributed by atoms with Crippen molar-refractivity contribution in [2.24, 2.45) is 4.99 Å². The number of carbonyl (C=O) groups excluding carboxylic acids is 1. The molecule has 0 bridgehead atoms. The van der Waals surface area contributed by atoms with Crippen LogP contribution >= 0.6 is 0 Å². The van der Waals surface area contributed by atoms with E-state index in [1.165, 1.54) is 32.4 Å². The van der Waals surface area contributed by atoms with Gasteiger partial charge in [-0.2, -0.15) is 0 Å². The van der Waals surface area contributed by atoms with Gasteiger partial charge in [-0.05, 0) is 64.4 Å². The highest BCUT2D eigenvalue weighted by molar-refractivity contribution is 5.94. The van der Waals surface area contributed by atoms with E-state index in [1.807, 2.05) is 43.0 Å². The van der Waals surface area contributed by atoms with Crippen molar-refractivity contribution in [1.29, 1.82) is 0 Å². The fourth-order valence-corrected chi connectivity index (χ4v) is 4.31. The third kappa shape index (κ3) is 7.51. The summed E-state index contributed by atoms with van der Waals surface area (Å²) in [5, 5.41) is 6.76. The van der Waals surface area contributed by atoms with Gasteiger partial charge in [-0.15, -0.1) is 0 Å². The van der Waals surface area contributed by atoms with Crippen LogP contribution in [-0.2, 0) is 11.3 Å². The average molecular weight is 430 g/mol. The normalized spacial score (nSPS) is 22.9. The quantitative estimate of drug-likeness (QED) is 0.515. The Hall–Kier alpha value is -2.12. The van der Waals surface area contributed by atoms with E-state index in [0.29, 0.717) is 19.6 Å². The second-order valence-corrected chi connectivity index (χ2v) is 8.69. The van der Waals surface area contributed by atoms with Crippen LogP contribution in [0.25, 0.3) is 0 Å². The number of aliphatic imine (C=N–C) groups is 1. The van der Waals surface area contributed by atoms with Gasteiger partial charge in [-0.25, -0.2) is 4.99 Å². The minimum atomic E-state index is 0.0739. The van der Waals surface area contributed by atoms with Crippen molar-refractivity contribution in [2.75, 3.05) is 45.8 Å². The summed E-state index contributed by atoms with van der Waals surface area (Å²) in [5.41, 5.74) is 1.81. The second-order valence-electron chi connectivity index (χ2n) is 8.69. The lowest BCUT2D eigenvalue weighted by molar-refractivity contribution is -0.0586. The number of piperidine rings is 1. The molecule has 0 saturated carbocycles. The summed E-state index contributed by atoms with van der Waals surface area (Å²) in [7, 11) is 0. The predicted octanol–water partition coefficient (Wildman–Crippen LogP) is 2.48. The first-order valence-corrected chi connectivity index (χ1v) is 11.8. The number of ether oxygens (including phenoxy) is 1. The molecule has 2 unspecified atom stereocenters. The highest BCUT2D eigenvalue weighted by atomic mass is 16.5. The fourth-order valence-electron chi connectivity index (χ4n) is 4.31. The molecule has 2 fully saturated rings. The molecular formula is C24H39N5O2. The number of likely N-dealkylation sites (tertiary alicyclic amines) is 1. The molecule has 0 spiro atoms. The minimum Gasteiger partial charge on any atom is -0.372 e. The number of hydrogen-bond acceptors (Lipinski definition) is 4. The van der Waals surface area contributed by atoms with Gasteiger partial charge in [0, 0.05) is 38.3 Å². The number of hydrogen-bond donors (Lipinski definition) is 2. The van der Waals surface area contributed by atoms with Gasteiger partial charge >= 0.3 is 0 Å². The summed E-state index contributed by atoms with van der Waals surface area (Å²) in [5.74, 6) is 0.917. The zero-order valence-corrected chi connectivity index (χ0v) is 19.4. The number of guanidine groups is 1. The van der Waals surface area contributed by atoms with Crippen LogP contribution in [0.15, 0.2) is 29.3 Å². The Bertz CT molecular complexity index is 705. The Labute approximate surface area is 187 Å². The first-order valence-electron chi connectivity index (χ1n) is 11.8. The van der Waals surface area contributed by atoms with Crippen LogP contribution in [0.3, 0.4) is 0 Å². The molecule has 7 nitrogen and oxygen atoms in total. The Morgan fingerprint density at radius 3 is 2.39 bits per heavy atom. The number of amides is 1. The molecule has 2 aliphatic rings. The van der Waals surface area contributed by atoms with E-state index in [0.717, 1.165) is 36.7 Å². The maximum Gasteiger partial charge on any atom is 0.254 e. The summed E-state index contributed by atoms with van der Waals surface area (Å²) in [6, 6.07) is 7.83. The van der Waals surface area contributed by atoms with Gasteiger partial charge in [0.25, 0.3) is 5.91 Å². The van der Waals surface area contributed by atoms with E-state index in [1.54, 1.807) is 0 Å². The molecule has 1 aromatic rings. The highest BCUT2D eigenvalue weighted by Gasteiger charge is 2.26. The Morgan fingerprint density at radius 1 is 1.06 bits per heavy atom. The summed E-state index contributed by atoms with van der Waals surface area (Å²) >= 11 is 0. The number of rotatable bonds is 7.